The van der Waals surface area contributed by atoms with Crippen molar-refractivity contribution < 1.29 is 9.53 Å². The molecule has 1 aliphatic heterocycles. The number of nitrogens with one attached hydrogen (secondary N) is 1. The second-order valence-electron chi connectivity index (χ2n) is 8.54. The van der Waals surface area contributed by atoms with Gasteiger partial charge in [0.25, 0.3) is 5.91 Å². The molecule has 0 bridgehead atoms. The van der Waals surface area contributed by atoms with Gasteiger partial charge in [-0.05, 0) is 70.1 Å². The van der Waals surface area contributed by atoms with Gasteiger partial charge in [-0.25, -0.2) is 4.98 Å². The monoisotopic (exact) mass is 492 g/mol. The molecule has 1 aromatic heterocycles. The normalized spacial score (nSPS) is 14.3. The fourth-order valence-electron chi connectivity index (χ4n) is 4.44. The Morgan fingerprint density at radius 1 is 1.06 bits per heavy atom. The summed E-state index contributed by atoms with van der Waals surface area (Å²) in [5.74, 6) is 1.47. The summed E-state index contributed by atoms with van der Waals surface area (Å²) in [5.41, 5.74) is 3.27. The van der Waals surface area contributed by atoms with E-state index in [2.05, 4.69) is 34.7 Å². The molecule has 0 unspecified atom stereocenters. The van der Waals surface area contributed by atoms with Crippen molar-refractivity contribution in [1.82, 2.24) is 14.5 Å². The molecule has 6 nitrogen and oxygen atoms in total. The van der Waals surface area contributed by atoms with Crippen molar-refractivity contribution in [3.63, 3.8) is 0 Å². The van der Waals surface area contributed by atoms with E-state index in [1.165, 1.54) is 25.7 Å². The number of nitrogens with zero attached hydrogens (tertiary/aromatic N) is 3. The van der Waals surface area contributed by atoms with Crippen LogP contribution in [0.25, 0.3) is 11.0 Å². The van der Waals surface area contributed by atoms with Gasteiger partial charge in [0.15, 0.2) is 0 Å². The molecule has 1 fully saturated rings. The van der Waals surface area contributed by atoms with E-state index < -0.39 is 0 Å². The summed E-state index contributed by atoms with van der Waals surface area (Å²) in [6, 6.07) is 13.5. The smallest absolute Gasteiger partial charge is 0.259 e. The topological polar surface area (TPSA) is 59.4 Å². The Balaban J connectivity index is 0.00000193. The van der Waals surface area contributed by atoms with Crippen LogP contribution in [0.15, 0.2) is 42.5 Å². The second-order valence-corrected chi connectivity index (χ2v) is 8.54. The van der Waals surface area contributed by atoms with Gasteiger partial charge in [0.2, 0.25) is 0 Å². The quantitative estimate of drug-likeness (QED) is 0.451. The highest BCUT2D eigenvalue weighted by Crippen LogP contribution is 2.26. The van der Waals surface area contributed by atoms with Gasteiger partial charge in [0.05, 0.1) is 30.3 Å². The molecule has 1 aliphatic rings. The van der Waals surface area contributed by atoms with Crippen molar-refractivity contribution >= 4 is 47.4 Å². The molecule has 1 saturated heterocycles. The van der Waals surface area contributed by atoms with Crippen molar-refractivity contribution in [2.45, 2.75) is 52.1 Å². The van der Waals surface area contributed by atoms with Gasteiger partial charge >= 0.3 is 0 Å². The van der Waals surface area contributed by atoms with Crippen molar-refractivity contribution in [3.05, 3.63) is 53.9 Å². The third-order valence-electron chi connectivity index (χ3n) is 5.95. The Hall–Kier alpha value is -2.28. The van der Waals surface area contributed by atoms with Gasteiger partial charge in [-0.3, -0.25) is 9.69 Å². The minimum absolute atomic E-state index is 0. The third-order valence-corrected chi connectivity index (χ3v) is 5.95. The first-order valence-corrected chi connectivity index (χ1v) is 11.2. The summed E-state index contributed by atoms with van der Waals surface area (Å²) < 4.78 is 7.65. The van der Waals surface area contributed by atoms with Crippen LogP contribution < -0.4 is 10.1 Å². The van der Waals surface area contributed by atoms with E-state index in [1.807, 2.05) is 24.3 Å². The molecule has 2 aromatic carbocycles. The summed E-state index contributed by atoms with van der Waals surface area (Å²) in [6.45, 7) is 7.55. The van der Waals surface area contributed by atoms with Gasteiger partial charge in [0.1, 0.15) is 11.6 Å². The highest BCUT2D eigenvalue weighted by molar-refractivity contribution is 6.06. The number of imidazole rings is 1. The summed E-state index contributed by atoms with van der Waals surface area (Å²) in [4.78, 5) is 20.3. The molecular formula is C25H34Cl2N4O2. The van der Waals surface area contributed by atoms with E-state index >= 15 is 0 Å². The number of halogens is 2. The second kappa shape index (κ2) is 12.3. The van der Waals surface area contributed by atoms with Gasteiger partial charge in [-0.1, -0.05) is 25.0 Å². The van der Waals surface area contributed by atoms with Crippen molar-refractivity contribution in [2.24, 2.45) is 0 Å². The van der Waals surface area contributed by atoms with Crippen LogP contribution in [0.2, 0.25) is 0 Å². The molecular weight excluding hydrogens is 459 g/mol. The lowest BCUT2D eigenvalue weighted by atomic mass is 10.2. The number of fused-ring (bicyclic) bond motifs is 1. The molecule has 0 saturated carbocycles. The molecule has 2 heterocycles. The number of ether oxygens (including phenoxy) is 1. The molecule has 1 amide bonds. The standard InChI is InChI=1S/C25H32N4O2.2ClH/c1-18(2)29-22-13-12-19(26-25(30)20-10-6-7-11-23(20)31-3)16-21(22)27-24(29)17-28-14-8-4-5-9-15-28;;/h6-7,10-13,16,18H,4-5,8-9,14-15,17H2,1-3H3,(H,26,30);2*1H. The number of amides is 1. The van der Waals surface area contributed by atoms with E-state index in [9.17, 15) is 4.79 Å². The number of benzene rings is 2. The molecule has 0 spiro atoms. The van der Waals surface area contributed by atoms with E-state index in [4.69, 9.17) is 9.72 Å². The molecule has 0 atom stereocenters. The molecule has 180 valence electrons. The minimum Gasteiger partial charge on any atom is -0.496 e. The number of carbonyl (C=O) groups excluding carboxylic acids is 1. The zero-order valence-electron chi connectivity index (χ0n) is 19.5. The van der Waals surface area contributed by atoms with Crippen LogP contribution >= 0.6 is 24.8 Å². The largest absolute Gasteiger partial charge is 0.496 e. The van der Waals surface area contributed by atoms with Crippen LogP contribution in [0.4, 0.5) is 5.69 Å². The van der Waals surface area contributed by atoms with Gasteiger partial charge in [-0.15, -0.1) is 24.8 Å². The van der Waals surface area contributed by atoms with Crippen molar-refractivity contribution in [2.75, 3.05) is 25.5 Å². The molecule has 0 aliphatic carbocycles. The number of methoxy groups -OCH3 is 1. The Kier molecular flexibility index (Phi) is 10.0. The summed E-state index contributed by atoms with van der Waals surface area (Å²) in [5, 5.41) is 2.99. The molecule has 1 N–H and O–H groups in total. The number of aromatic nitrogens is 2. The Labute approximate surface area is 208 Å². The zero-order chi connectivity index (χ0) is 21.8. The number of para-hydroxylation sites is 1. The van der Waals surface area contributed by atoms with E-state index in [-0.39, 0.29) is 30.7 Å². The Morgan fingerprint density at radius 2 is 1.76 bits per heavy atom. The number of anilines is 1. The van der Waals surface area contributed by atoms with E-state index in [1.54, 1.807) is 19.2 Å². The number of hydrogen-bond acceptors (Lipinski definition) is 4. The van der Waals surface area contributed by atoms with Crippen LogP contribution in [0.1, 0.15) is 61.8 Å². The fraction of sp³-hybridized carbons (Fsp3) is 0.440. The number of carbonyl (C=O) groups is 1. The predicted molar refractivity (Wildman–Crippen MR) is 139 cm³/mol. The van der Waals surface area contributed by atoms with Crippen LogP contribution in [-0.2, 0) is 6.54 Å². The Morgan fingerprint density at radius 3 is 2.42 bits per heavy atom. The van der Waals surface area contributed by atoms with Crippen molar-refractivity contribution in [1.29, 1.82) is 0 Å². The van der Waals surface area contributed by atoms with Gasteiger partial charge in [-0.2, -0.15) is 0 Å². The average molecular weight is 493 g/mol. The lowest BCUT2D eigenvalue weighted by Gasteiger charge is -2.21. The summed E-state index contributed by atoms with van der Waals surface area (Å²) >= 11 is 0. The Bertz CT molecular complexity index is 1060. The highest BCUT2D eigenvalue weighted by atomic mass is 35.5. The lowest BCUT2D eigenvalue weighted by Crippen LogP contribution is -2.26. The lowest BCUT2D eigenvalue weighted by molar-refractivity contribution is 0.102. The van der Waals surface area contributed by atoms with Crippen molar-refractivity contribution in [3.8, 4) is 5.75 Å². The van der Waals surface area contributed by atoms with Crippen LogP contribution in [0, 0.1) is 0 Å². The fourth-order valence-corrected chi connectivity index (χ4v) is 4.44. The third kappa shape index (κ3) is 6.19. The summed E-state index contributed by atoms with van der Waals surface area (Å²) in [6.07, 6.45) is 5.18. The number of likely N-dealkylation sites (tertiary alicyclic amines) is 1. The van der Waals surface area contributed by atoms with Gasteiger partial charge in [0, 0.05) is 11.7 Å². The first-order valence-electron chi connectivity index (χ1n) is 11.2. The molecule has 8 heteroatoms. The molecule has 3 aromatic rings. The average Bonchev–Trinajstić information content (AvgIpc) is 2.92. The predicted octanol–water partition coefficient (Wildman–Crippen LogP) is 6.10. The van der Waals surface area contributed by atoms with Crippen LogP contribution in [0.3, 0.4) is 0 Å². The van der Waals surface area contributed by atoms with Crippen LogP contribution in [-0.4, -0.2) is 40.6 Å². The van der Waals surface area contributed by atoms with E-state index in [0.29, 0.717) is 17.4 Å². The maximum absolute atomic E-state index is 12.8. The summed E-state index contributed by atoms with van der Waals surface area (Å²) in [7, 11) is 1.57. The van der Waals surface area contributed by atoms with Gasteiger partial charge < -0.3 is 14.6 Å². The molecule has 0 radical (unpaired) electrons. The first kappa shape index (κ1) is 27.0. The maximum atomic E-state index is 12.8. The maximum Gasteiger partial charge on any atom is 0.259 e. The number of rotatable bonds is 6. The number of hydrogen-bond donors (Lipinski definition) is 1. The molecule has 4 rings (SSSR count). The SMILES string of the molecule is COc1ccccc1C(=O)Nc1ccc2c(c1)nc(CN1CCCCCC1)n2C(C)C.Cl.Cl. The first-order chi connectivity index (χ1) is 15.1. The zero-order valence-corrected chi connectivity index (χ0v) is 21.2. The minimum atomic E-state index is -0.190. The van der Waals surface area contributed by atoms with E-state index in [0.717, 1.165) is 42.2 Å². The van der Waals surface area contributed by atoms with Crippen LogP contribution in [0.5, 0.6) is 5.75 Å². The highest BCUT2D eigenvalue weighted by Gasteiger charge is 2.18. The molecule has 33 heavy (non-hydrogen) atoms.